The summed E-state index contributed by atoms with van der Waals surface area (Å²) >= 11 is 0. The van der Waals surface area contributed by atoms with Crippen LogP contribution in [0.5, 0.6) is 5.88 Å². The Labute approximate surface area is 175 Å². The van der Waals surface area contributed by atoms with E-state index in [4.69, 9.17) is 9.47 Å². The number of nitrogens with one attached hydrogen (secondary N) is 1. The van der Waals surface area contributed by atoms with Gasteiger partial charge < -0.3 is 29.7 Å². The zero-order chi connectivity index (χ0) is 20.8. The third kappa shape index (κ3) is 3.11. The number of aryl methyl sites for hydroxylation is 1. The molecule has 0 unspecified atom stereocenters. The van der Waals surface area contributed by atoms with E-state index in [0.717, 1.165) is 35.5 Å². The lowest BCUT2D eigenvalue weighted by Gasteiger charge is -2.37. The number of ether oxygens (including phenoxy) is 2. The van der Waals surface area contributed by atoms with E-state index >= 15 is 0 Å². The number of methoxy groups -OCH3 is 1. The van der Waals surface area contributed by atoms with Gasteiger partial charge in [-0.3, -0.25) is 0 Å². The Morgan fingerprint density at radius 1 is 1.33 bits per heavy atom. The molecular weight excluding hydrogens is 384 g/mol. The van der Waals surface area contributed by atoms with Crippen LogP contribution >= 0.6 is 0 Å². The van der Waals surface area contributed by atoms with Crippen molar-refractivity contribution in [3.63, 3.8) is 0 Å². The minimum absolute atomic E-state index is 0.168. The first kappa shape index (κ1) is 19.0. The summed E-state index contributed by atoms with van der Waals surface area (Å²) in [6.07, 6.45) is 1.78. The number of fused-ring (bicyclic) bond motifs is 3. The van der Waals surface area contributed by atoms with E-state index in [2.05, 4.69) is 27.3 Å². The van der Waals surface area contributed by atoms with Crippen LogP contribution in [-0.4, -0.2) is 60.5 Å². The Morgan fingerprint density at radius 2 is 2.20 bits per heavy atom. The molecule has 1 fully saturated rings. The summed E-state index contributed by atoms with van der Waals surface area (Å²) in [6, 6.07) is 6.62. The van der Waals surface area contributed by atoms with Crippen LogP contribution in [0, 0.1) is 6.92 Å². The van der Waals surface area contributed by atoms with Crippen LogP contribution < -0.4 is 15.0 Å². The number of amides is 1. The summed E-state index contributed by atoms with van der Waals surface area (Å²) in [6.45, 7) is 5.18. The van der Waals surface area contributed by atoms with E-state index in [1.807, 2.05) is 13.0 Å². The van der Waals surface area contributed by atoms with Gasteiger partial charge in [-0.1, -0.05) is 0 Å². The minimum Gasteiger partial charge on any atom is -0.480 e. The monoisotopic (exact) mass is 410 g/mol. The number of carbonyl (C=O) groups is 1. The minimum atomic E-state index is -0.839. The molecule has 3 aliphatic rings. The number of aromatic nitrogens is 1. The first-order valence-electron chi connectivity index (χ1n) is 10.3. The van der Waals surface area contributed by atoms with Gasteiger partial charge in [0.1, 0.15) is 5.69 Å². The lowest BCUT2D eigenvalue weighted by atomic mass is 9.88. The Kier molecular flexibility index (Phi) is 4.66. The lowest BCUT2D eigenvalue weighted by molar-refractivity contribution is 0.120. The van der Waals surface area contributed by atoms with Crippen molar-refractivity contribution in [1.82, 2.24) is 9.88 Å². The third-order valence-corrected chi connectivity index (χ3v) is 6.35. The molecule has 158 valence electrons. The van der Waals surface area contributed by atoms with Gasteiger partial charge in [-0.2, -0.15) is 0 Å². The fourth-order valence-corrected chi connectivity index (χ4v) is 5.08. The van der Waals surface area contributed by atoms with Crippen molar-refractivity contribution in [2.75, 3.05) is 43.6 Å². The van der Waals surface area contributed by atoms with Crippen LogP contribution in [0.4, 0.5) is 21.9 Å². The molecule has 1 saturated heterocycles. The molecule has 1 aromatic heterocycles. The molecule has 4 heterocycles. The van der Waals surface area contributed by atoms with Gasteiger partial charge in [0.25, 0.3) is 0 Å². The van der Waals surface area contributed by atoms with Crippen LogP contribution in [0.1, 0.15) is 29.0 Å². The van der Waals surface area contributed by atoms with Crippen LogP contribution in [0.2, 0.25) is 0 Å². The fraction of sp³-hybridized carbons (Fsp3) is 0.455. The van der Waals surface area contributed by atoms with Gasteiger partial charge in [-0.25, -0.2) is 9.78 Å². The van der Waals surface area contributed by atoms with Gasteiger partial charge in [0, 0.05) is 54.7 Å². The van der Waals surface area contributed by atoms with E-state index in [1.165, 1.54) is 11.3 Å². The topological polar surface area (TPSA) is 87.2 Å². The molecule has 1 aromatic carbocycles. The summed E-state index contributed by atoms with van der Waals surface area (Å²) in [7, 11) is 1.61. The largest absolute Gasteiger partial charge is 0.480 e. The lowest BCUT2D eigenvalue weighted by Crippen LogP contribution is -2.48. The number of piperidine rings is 1. The van der Waals surface area contributed by atoms with Gasteiger partial charge in [0.15, 0.2) is 0 Å². The highest BCUT2D eigenvalue weighted by Gasteiger charge is 2.44. The van der Waals surface area contributed by atoms with Gasteiger partial charge >= 0.3 is 6.09 Å². The molecule has 30 heavy (non-hydrogen) atoms. The normalized spacial score (nSPS) is 22.2. The number of pyridine rings is 1. The van der Waals surface area contributed by atoms with Crippen LogP contribution in [-0.2, 0) is 11.3 Å². The molecule has 8 nitrogen and oxygen atoms in total. The molecule has 3 aliphatic heterocycles. The molecular formula is C22H26N4O4. The van der Waals surface area contributed by atoms with E-state index in [-0.39, 0.29) is 5.92 Å². The summed E-state index contributed by atoms with van der Waals surface area (Å²) in [5.74, 6) is 0.707. The Morgan fingerprint density at radius 3 is 3.00 bits per heavy atom. The highest BCUT2D eigenvalue weighted by molar-refractivity contribution is 5.76. The second kappa shape index (κ2) is 7.36. The van der Waals surface area contributed by atoms with Crippen LogP contribution in [0.15, 0.2) is 24.4 Å². The molecule has 0 radical (unpaired) electrons. The quantitative estimate of drug-likeness (QED) is 0.803. The van der Waals surface area contributed by atoms with Gasteiger partial charge in [-0.15, -0.1) is 0 Å². The molecule has 5 rings (SSSR count). The summed E-state index contributed by atoms with van der Waals surface area (Å²) in [4.78, 5) is 20.0. The van der Waals surface area contributed by atoms with E-state index in [0.29, 0.717) is 38.2 Å². The molecule has 8 heteroatoms. The smallest absolute Gasteiger partial charge is 0.407 e. The maximum absolute atomic E-state index is 11.6. The highest BCUT2D eigenvalue weighted by Crippen LogP contribution is 2.49. The molecule has 0 saturated carbocycles. The third-order valence-electron chi connectivity index (χ3n) is 6.35. The number of rotatable bonds is 3. The number of likely N-dealkylation sites (tertiary alicyclic amines) is 1. The Bertz CT molecular complexity index is 995. The van der Waals surface area contributed by atoms with Crippen molar-refractivity contribution in [1.29, 1.82) is 0 Å². The number of benzene rings is 1. The SMILES string of the molecule is COc1ncc(C)cc1Nc1cc2c3c(c1)[C@@H]1CN(C(=O)O)CC[C@@H]1N3CCOC2. The second-order valence-corrected chi connectivity index (χ2v) is 8.20. The van der Waals surface area contributed by atoms with Crippen molar-refractivity contribution < 1.29 is 19.4 Å². The first-order chi connectivity index (χ1) is 14.5. The number of hydrogen-bond acceptors (Lipinski definition) is 6. The van der Waals surface area contributed by atoms with Crippen LogP contribution in [0.25, 0.3) is 0 Å². The molecule has 0 bridgehead atoms. The second-order valence-electron chi connectivity index (χ2n) is 8.20. The average molecular weight is 410 g/mol. The van der Waals surface area contributed by atoms with Gasteiger partial charge in [-0.05, 0) is 42.7 Å². The van der Waals surface area contributed by atoms with Crippen LogP contribution in [0.3, 0.4) is 0 Å². The van der Waals surface area contributed by atoms with E-state index < -0.39 is 6.09 Å². The first-order valence-corrected chi connectivity index (χ1v) is 10.3. The van der Waals surface area contributed by atoms with Crippen molar-refractivity contribution in [3.8, 4) is 5.88 Å². The van der Waals surface area contributed by atoms with Crippen molar-refractivity contribution in [3.05, 3.63) is 41.1 Å². The van der Waals surface area contributed by atoms with E-state index in [1.54, 1.807) is 18.2 Å². The molecule has 2 atom stereocenters. The standard InChI is InChI=1S/C22H26N4O4/c1-13-7-18(21(29-2)23-10-13)24-15-8-14-12-30-6-5-26-19-3-4-25(22(27)28)11-17(19)16(9-15)20(14)26/h7-10,17,19,24H,3-6,11-12H2,1-2H3,(H,27,28)/t17-,19-/m0/s1. The van der Waals surface area contributed by atoms with Gasteiger partial charge in [0.2, 0.25) is 5.88 Å². The van der Waals surface area contributed by atoms with E-state index in [9.17, 15) is 9.90 Å². The number of anilines is 3. The number of carboxylic acid groups (broad SMARTS) is 1. The van der Waals surface area contributed by atoms with Crippen molar-refractivity contribution >= 4 is 23.2 Å². The number of nitrogens with zero attached hydrogens (tertiary/aromatic N) is 3. The Hall–Kier alpha value is -3.00. The zero-order valence-corrected chi connectivity index (χ0v) is 17.2. The summed E-state index contributed by atoms with van der Waals surface area (Å²) < 4.78 is 11.3. The van der Waals surface area contributed by atoms with Crippen molar-refractivity contribution in [2.45, 2.75) is 31.9 Å². The molecule has 2 N–H and O–H groups in total. The van der Waals surface area contributed by atoms with Crippen molar-refractivity contribution in [2.24, 2.45) is 0 Å². The number of hydrogen-bond donors (Lipinski definition) is 2. The summed E-state index contributed by atoms with van der Waals surface area (Å²) in [5, 5.41) is 13.0. The summed E-state index contributed by atoms with van der Waals surface area (Å²) in [5.41, 5.74) is 6.36. The highest BCUT2D eigenvalue weighted by atomic mass is 16.5. The molecule has 0 aliphatic carbocycles. The molecule has 2 aromatic rings. The average Bonchev–Trinajstić information content (AvgIpc) is 2.89. The zero-order valence-electron chi connectivity index (χ0n) is 17.2. The Balaban J connectivity index is 1.56. The van der Waals surface area contributed by atoms with Gasteiger partial charge in [0.05, 0.1) is 20.3 Å². The maximum atomic E-state index is 11.6. The fourth-order valence-electron chi connectivity index (χ4n) is 5.08. The molecule has 0 spiro atoms. The predicted molar refractivity (Wildman–Crippen MR) is 113 cm³/mol. The molecule has 1 amide bonds. The predicted octanol–water partition coefficient (Wildman–Crippen LogP) is 3.33. The maximum Gasteiger partial charge on any atom is 0.407 e.